The number of methoxy groups -OCH3 is 1. The number of ether oxygens (including phenoxy) is 1. The van der Waals surface area contributed by atoms with Crippen molar-refractivity contribution in [3.8, 4) is 0 Å². The Labute approximate surface area is 89.8 Å². The molecule has 1 aromatic rings. The van der Waals surface area contributed by atoms with Crippen LogP contribution in [-0.4, -0.2) is 46.1 Å². The molecule has 0 aliphatic heterocycles. The summed E-state index contributed by atoms with van der Waals surface area (Å²) in [5.74, 6) is -0.551. The summed E-state index contributed by atoms with van der Waals surface area (Å²) in [6, 6.07) is 0. The van der Waals surface area contributed by atoms with Crippen LogP contribution in [0.15, 0.2) is 6.20 Å². The second-order valence-electron chi connectivity index (χ2n) is 2.75. The molecular formula is C8H11NO5S. The number of aliphatic hydroxyl groups is 3. The average molecular weight is 233 g/mol. The third-order valence-electron chi connectivity index (χ3n) is 1.71. The summed E-state index contributed by atoms with van der Waals surface area (Å²) >= 11 is 0.911. The molecule has 0 bridgehead atoms. The van der Waals surface area contributed by atoms with Gasteiger partial charge in [-0.15, -0.1) is 11.3 Å². The quantitative estimate of drug-likeness (QED) is 0.596. The number of hydrogen-bond donors (Lipinski definition) is 3. The summed E-state index contributed by atoms with van der Waals surface area (Å²) in [5.41, 5.74) is 0. The van der Waals surface area contributed by atoms with Gasteiger partial charge in [0.15, 0.2) is 0 Å². The van der Waals surface area contributed by atoms with Gasteiger partial charge >= 0.3 is 5.97 Å². The first-order valence-corrected chi connectivity index (χ1v) is 4.92. The number of aromatic nitrogens is 1. The van der Waals surface area contributed by atoms with E-state index in [1.807, 2.05) is 0 Å². The molecule has 15 heavy (non-hydrogen) atoms. The van der Waals surface area contributed by atoms with Crippen molar-refractivity contribution in [1.82, 2.24) is 4.98 Å². The summed E-state index contributed by atoms with van der Waals surface area (Å²) in [6.07, 6.45) is -1.35. The maximum Gasteiger partial charge on any atom is 0.349 e. The Kier molecular flexibility index (Phi) is 4.15. The van der Waals surface area contributed by atoms with Crippen LogP contribution >= 0.6 is 11.3 Å². The van der Waals surface area contributed by atoms with Crippen molar-refractivity contribution in [2.24, 2.45) is 0 Å². The Morgan fingerprint density at radius 2 is 2.33 bits per heavy atom. The first-order chi connectivity index (χ1) is 7.10. The molecule has 0 saturated heterocycles. The Morgan fingerprint density at radius 3 is 2.87 bits per heavy atom. The zero-order valence-corrected chi connectivity index (χ0v) is 8.77. The molecule has 1 aromatic heterocycles. The fourth-order valence-corrected chi connectivity index (χ4v) is 1.76. The van der Waals surface area contributed by atoms with E-state index >= 15 is 0 Å². The summed E-state index contributed by atoms with van der Waals surface area (Å²) in [5, 5.41) is 27.3. The summed E-state index contributed by atoms with van der Waals surface area (Å²) in [4.78, 5) is 15.0. The number of hydrogen-bond acceptors (Lipinski definition) is 7. The number of thiazole rings is 1. The maximum absolute atomic E-state index is 11.0. The van der Waals surface area contributed by atoms with Gasteiger partial charge in [0.05, 0.1) is 19.9 Å². The number of carbonyl (C=O) groups excluding carboxylic acids is 1. The van der Waals surface area contributed by atoms with Gasteiger partial charge in [-0.2, -0.15) is 0 Å². The van der Waals surface area contributed by atoms with Crippen LogP contribution in [0.25, 0.3) is 0 Å². The molecule has 1 rings (SSSR count). The molecule has 0 radical (unpaired) electrons. The second kappa shape index (κ2) is 5.17. The molecule has 1 heterocycles. The minimum Gasteiger partial charge on any atom is -0.465 e. The Morgan fingerprint density at radius 1 is 1.67 bits per heavy atom. The second-order valence-corrected chi connectivity index (χ2v) is 3.81. The highest BCUT2D eigenvalue weighted by Crippen LogP contribution is 2.23. The van der Waals surface area contributed by atoms with Crippen LogP contribution in [0.3, 0.4) is 0 Å². The zero-order chi connectivity index (χ0) is 11.4. The van der Waals surface area contributed by atoms with Crippen LogP contribution in [0, 0.1) is 0 Å². The molecule has 2 unspecified atom stereocenters. The molecule has 0 aliphatic rings. The highest BCUT2D eigenvalue weighted by atomic mass is 32.1. The zero-order valence-electron chi connectivity index (χ0n) is 7.95. The maximum atomic E-state index is 11.0. The molecule has 3 N–H and O–H groups in total. The molecule has 0 saturated carbocycles. The predicted molar refractivity (Wildman–Crippen MR) is 51.5 cm³/mol. The van der Waals surface area contributed by atoms with Crippen molar-refractivity contribution in [3.63, 3.8) is 0 Å². The van der Waals surface area contributed by atoms with Crippen LogP contribution in [0.2, 0.25) is 0 Å². The molecule has 0 aromatic carbocycles. The smallest absolute Gasteiger partial charge is 0.349 e. The first-order valence-electron chi connectivity index (χ1n) is 4.11. The van der Waals surface area contributed by atoms with Crippen LogP contribution < -0.4 is 0 Å². The van der Waals surface area contributed by atoms with Crippen molar-refractivity contribution in [1.29, 1.82) is 0 Å². The first kappa shape index (κ1) is 12.1. The summed E-state index contributed by atoms with van der Waals surface area (Å²) in [6.45, 7) is -0.575. The van der Waals surface area contributed by atoms with Gasteiger partial charge < -0.3 is 20.1 Å². The lowest BCUT2D eigenvalue weighted by atomic mass is 10.2. The average Bonchev–Trinajstić information content (AvgIpc) is 2.75. The highest BCUT2D eigenvalue weighted by molar-refractivity contribution is 7.13. The van der Waals surface area contributed by atoms with Gasteiger partial charge in [0.2, 0.25) is 0 Å². The summed E-state index contributed by atoms with van der Waals surface area (Å²) < 4.78 is 4.45. The van der Waals surface area contributed by atoms with E-state index in [1.54, 1.807) is 0 Å². The van der Waals surface area contributed by atoms with Crippen LogP contribution in [0.4, 0.5) is 0 Å². The molecule has 2 atom stereocenters. The standard InChI is InChI=1S/C8H11NO5S/c1-14-8(13)5-2-9-7(15-5)6(12)4(11)3-10/h2,4,6,10-12H,3H2,1H3. The van der Waals surface area contributed by atoms with Crippen LogP contribution in [0.1, 0.15) is 20.8 Å². The lowest BCUT2D eigenvalue weighted by Crippen LogP contribution is -2.21. The summed E-state index contributed by atoms with van der Waals surface area (Å²) in [7, 11) is 1.24. The third kappa shape index (κ3) is 2.72. The highest BCUT2D eigenvalue weighted by Gasteiger charge is 2.22. The van der Waals surface area contributed by atoms with Crippen LogP contribution in [0.5, 0.6) is 0 Å². The lowest BCUT2D eigenvalue weighted by molar-refractivity contribution is -0.0153. The minimum atomic E-state index is -1.30. The van der Waals surface area contributed by atoms with E-state index in [2.05, 4.69) is 9.72 Å². The fraction of sp³-hybridized carbons (Fsp3) is 0.500. The Balaban J connectivity index is 2.79. The van der Waals surface area contributed by atoms with Gasteiger partial charge in [-0.3, -0.25) is 0 Å². The van der Waals surface area contributed by atoms with Crippen molar-refractivity contribution >= 4 is 17.3 Å². The largest absolute Gasteiger partial charge is 0.465 e. The van der Waals surface area contributed by atoms with E-state index in [1.165, 1.54) is 13.3 Å². The molecule has 84 valence electrons. The van der Waals surface area contributed by atoms with Crippen molar-refractivity contribution in [3.05, 3.63) is 16.1 Å². The van der Waals surface area contributed by atoms with Gasteiger partial charge in [-0.1, -0.05) is 0 Å². The monoisotopic (exact) mass is 233 g/mol. The normalized spacial score (nSPS) is 14.7. The molecule has 0 spiro atoms. The lowest BCUT2D eigenvalue weighted by Gasteiger charge is -2.11. The Bertz CT molecular complexity index is 340. The van der Waals surface area contributed by atoms with E-state index in [4.69, 9.17) is 10.2 Å². The van der Waals surface area contributed by atoms with E-state index in [-0.39, 0.29) is 9.88 Å². The Hall–Kier alpha value is -1.02. The third-order valence-corrected chi connectivity index (χ3v) is 2.76. The van der Waals surface area contributed by atoms with E-state index in [0.717, 1.165) is 11.3 Å². The van der Waals surface area contributed by atoms with Crippen molar-refractivity contribution in [2.45, 2.75) is 12.2 Å². The minimum absolute atomic E-state index is 0.164. The van der Waals surface area contributed by atoms with Gasteiger partial charge in [0.25, 0.3) is 0 Å². The molecule has 6 nitrogen and oxygen atoms in total. The molecule has 0 fully saturated rings. The topological polar surface area (TPSA) is 99.9 Å². The number of rotatable bonds is 4. The molecule has 7 heteroatoms. The number of aliphatic hydroxyl groups excluding tert-OH is 3. The van der Waals surface area contributed by atoms with E-state index in [0.29, 0.717) is 0 Å². The number of carbonyl (C=O) groups is 1. The van der Waals surface area contributed by atoms with Gasteiger partial charge in [-0.25, -0.2) is 9.78 Å². The van der Waals surface area contributed by atoms with Crippen LogP contribution in [-0.2, 0) is 4.74 Å². The number of nitrogens with zero attached hydrogens (tertiary/aromatic N) is 1. The number of esters is 1. The molecule has 0 aliphatic carbocycles. The van der Waals surface area contributed by atoms with Gasteiger partial charge in [-0.05, 0) is 0 Å². The van der Waals surface area contributed by atoms with Gasteiger partial charge in [0.1, 0.15) is 22.1 Å². The van der Waals surface area contributed by atoms with E-state index < -0.39 is 24.8 Å². The van der Waals surface area contributed by atoms with Crippen molar-refractivity contribution in [2.75, 3.05) is 13.7 Å². The molecular weight excluding hydrogens is 222 g/mol. The molecule has 0 amide bonds. The van der Waals surface area contributed by atoms with E-state index in [9.17, 15) is 9.90 Å². The SMILES string of the molecule is COC(=O)c1cnc(C(O)C(O)CO)s1. The van der Waals surface area contributed by atoms with Crippen molar-refractivity contribution < 1.29 is 24.9 Å². The predicted octanol–water partition coefficient (Wildman–Crippen LogP) is -0.684. The van der Waals surface area contributed by atoms with Gasteiger partial charge in [0, 0.05) is 0 Å². The fourth-order valence-electron chi connectivity index (χ4n) is 0.884.